The van der Waals surface area contributed by atoms with E-state index >= 15 is 0 Å². The molecule has 0 radical (unpaired) electrons. The van der Waals surface area contributed by atoms with Crippen LogP contribution in [0, 0.1) is 11.9 Å². The largest absolute Gasteiger partial charge is 0.429 e. The number of carbonyl (C=O) groups excluding carboxylic acids is 1. The molecule has 3 saturated heterocycles. The summed E-state index contributed by atoms with van der Waals surface area (Å²) in [5, 5.41) is 3.79. The van der Waals surface area contributed by atoms with Gasteiger partial charge in [0.15, 0.2) is 5.58 Å². The van der Waals surface area contributed by atoms with Crippen LogP contribution in [0.15, 0.2) is 22.7 Å². The van der Waals surface area contributed by atoms with Crippen molar-refractivity contribution >= 4 is 16.9 Å². The molecule has 5 nitrogen and oxygen atoms in total. The van der Waals surface area contributed by atoms with Crippen molar-refractivity contribution in [3.05, 3.63) is 30.0 Å². The van der Waals surface area contributed by atoms with Gasteiger partial charge in [-0.1, -0.05) is 0 Å². The van der Waals surface area contributed by atoms with Crippen molar-refractivity contribution in [3.63, 3.8) is 0 Å². The van der Waals surface area contributed by atoms with Crippen LogP contribution in [0.5, 0.6) is 0 Å². The topological polar surface area (TPSA) is 58.4 Å². The Labute approximate surface area is 132 Å². The lowest BCUT2D eigenvalue weighted by atomic mass is 9.77. The Morgan fingerprint density at radius 1 is 1.35 bits per heavy atom. The molecule has 4 fully saturated rings. The van der Waals surface area contributed by atoms with Crippen LogP contribution in [0.4, 0.5) is 4.39 Å². The van der Waals surface area contributed by atoms with Crippen LogP contribution in [-0.4, -0.2) is 40.5 Å². The van der Waals surface area contributed by atoms with Gasteiger partial charge in [0.25, 0.3) is 11.9 Å². The first-order valence-corrected chi connectivity index (χ1v) is 8.27. The van der Waals surface area contributed by atoms with E-state index in [0.717, 1.165) is 25.9 Å². The average molecular weight is 315 g/mol. The van der Waals surface area contributed by atoms with Gasteiger partial charge in [-0.3, -0.25) is 9.69 Å². The highest BCUT2D eigenvalue weighted by Gasteiger charge is 2.60. The number of hydrogen-bond acceptors (Lipinski definition) is 4. The second kappa shape index (κ2) is 4.54. The minimum Gasteiger partial charge on any atom is -0.429 e. The van der Waals surface area contributed by atoms with Crippen LogP contribution in [-0.2, 0) is 0 Å². The van der Waals surface area contributed by atoms with Gasteiger partial charge in [0.2, 0.25) is 0 Å². The molecule has 1 saturated carbocycles. The number of halogens is 1. The van der Waals surface area contributed by atoms with E-state index in [1.807, 2.05) is 0 Å². The molecule has 1 spiro atoms. The highest BCUT2D eigenvalue weighted by atomic mass is 19.1. The zero-order valence-corrected chi connectivity index (χ0v) is 12.7. The Bertz CT molecular complexity index is 790. The molecule has 2 aromatic rings. The molecule has 2 bridgehead atoms. The van der Waals surface area contributed by atoms with Crippen LogP contribution in [0.3, 0.4) is 0 Å². The number of nitrogens with zero attached hydrogens (tertiary/aromatic N) is 2. The molecule has 23 heavy (non-hydrogen) atoms. The maximum atomic E-state index is 13.1. The summed E-state index contributed by atoms with van der Waals surface area (Å²) in [4.78, 5) is 19.3. The molecular formula is C17H18FN3O2. The third-order valence-electron chi connectivity index (χ3n) is 5.88. The fraction of sp³-hybridized carbons (Fsp3) is 0.529. The summed E-state index contributed by atoms with van der Waals surface area (Å²) in [5.41, 5.74) is 0.883. The Morgan fingerprint density at radius 2 is 2.13 bits per heavy atom. The van der Waals surface area contributed by atoms with Crippen LogP contribution in [0.1, 0.15) is 36.2 Å². The SMILES string of the molecule is O=C(N[C@H]1C2CCN(CC2)C12CC2)c1cc2cc(F)oc2cn1. The number of fused-ring (bicyclic) bond motifs is 3. The van der Waals surface area contributed by atoms with E-state index in [1.165, 1.54) is 25.1 Å². The van der Waals surface area contributed by atoms with Gasteiger partial charge in [-0.25, -0.2) is 4.98 Å². The summed E-state index contributed by atoms with van der Waals surface area (Å²) in [6.45, 7) is 2.32. The van der Waals surface area contributed by atoms with E-state index in [1.54, 1.807) is 6.07 Å². The first kappa shape index (κ1) is 13.5. The van der Waals surface area contributed by atoms with Crippen molar-refractivity contribution < 1.29 is 13.6 Å². The third kappa shape index (κ3) is 1.94. The predicted molar refractivity (Wildman–Crippen MR) is 81.5 cm³/mol. The molecule has 120 valence electrons. The van der Waals surface area contributed by atoms with Crippen LogP contribution < -0.4 is 5.32 Å². The molecule has 5 heterocycles. The number of pyridine rings is 1. The van der Waals surface area contributed by atoms with Crippen molar-refractivity contribution in [2.24, 2.45) is 5.92 Å². The highest BCUT2D eigenvalue weighted by molar-refractivity contribution is 5.95. The number of furan rings is 1. The molecule has 0 aromatic carbocycles. The van der Waals surface area contributed by atoms with Crippen molar-refractivity contribution in [2.45, 2.75) is 37.3 Å². The molecule has 6 heteroatoms. The van der Waals surface area contributed by atoms with Crippen molar-refractivity contribution in [2.75, 3.05) is 13.1 Å². The lowest BCUT2D eigenvalue weighted by Gasteiger charge is -2.52. The monoisotopic (exact) mass is 315 g/mol. The van der Waals surface area contributed by atoms with Gasteiger partial charge < -0.3 is 9.73 Å². The third-order valence-corrected chi connectivity index (χ3v) is 5.88. The number of hydrogen-bond donors (Lipinski definition) is 1. The van der Waals surface area contributed by atoms with E-state index in [-0.39, 0.29) is 17.5 Å². The Balaban J connectivity index is 1.42. The van der Waals surface area contributed by atoms with Crippen molar-refractivity contribution in [3.8, 4) is 0 Å². The van der Waals surface area contributed by atoms with E-state index in [4.69, 9.17) is 4.42 Å². The first-order chi connectivity index (χ1) is 11.2. The molecule has 6 rings (SSSR count). The molecule has 1 N–H and O–H groups in total. The quantitative estimate of drug-likeness (QED) is 0.924. The van der Waals surface area contributed by atoms with Gasteiger partial charge >= 0.3 is 0 Å². The minimum atomic E-state index is -0.659. The van der Waals surface area contributed by atoms with Gasteiger partial charge in [0.1, 0.15) is 5.69 Å². The molecule has 0 unspecified atom stereocenters. The summed E-state index contributed by atoms with van der Waals surface area (Å²) < 4.78 is 18.0. The molecule has 1 amide bonds. The number of nitrogens with one attached hydrogen (secondary N) is 1. The molecule has 1 atom stereocenters. The summed E-state index contributed by atoms with van der Waals surface area (Å²) >= 11 is 0. The maximum absolute atomic E-state index is 13.1. The van der Waals surface area contributed by atoms with Crippen LogP contribution in [0.2, 0.25) is 0 Å². The van der Waals surface area contributed by atoms with E-state index in [2.05, 4.69) is 15.2 Å². The second-order valence-electron chi connectivity index (χ2n) is 7.04. The fourth-order valence-electron chi connectivity index (χ4n) is 4.57. The lowest BCUT2D eigenvalue weighted by Crippen LogP contribution is -2.65. The second-order valence-corrected chi connectivity index (χ2v) is 7.04. The average Bonchev–Trinajstić information content (AvgIpc) is 3.24. The smallest absolute Gasteiger partial charge is 0.278 e. The zero-order chi connectivity index (χ0) is 15.6. The van der Waals surface area contributed by atoms with Gasteiger partial charge in [0.05, 0.1) is 12.2 Å². The van der Waals surface area contributed by atoms with E-state index in [9.17, 15) is 9.18 Å². The predicted octanol–water partition coefficient (Wildman–Crippen LogP) is 2.32. The first-order valence-electron chi connectivity index (χ1n) is 8.27. The summed E-state index contributed by atoms with van der Waals surface area (Å²) in [6.07, 6.45) is 6.08. The molecule has 3 aliphatic heterocycles. The number of rotatable bonds is 2. The van der Waals surface area contributed by atoms with Crippen LogP contribution >= 0.6 is 0 Å². The Hall–Kier alpha value is -1.95. The van der Waals surface area contributed by atoms with Crippen LogP contribution in [0.25, 0.3) is 11.0 Å². The van der Waals surface area contributed by atoms with E-state index in [0.29, 0.717) is 22.6 Å². The highest BCUT2D eigenvalue weighted by Crippen LogP contribution is 2.53. The number of piperidine rings is 3. The number of aromatic nitrogens is 1. The molecule has 2 aromatic heterocycles. The molecule has 1 aliphatic carbocycles. The normalized spacial score (nSPS) is 30.7. The number of carbonyl (C=O) groups is 1. The summed E-state index contributed by atoms with van der Waals surface area (Å²) in [6, 6.07) is 2.44. The fourth-order valence-corrected chi connectivity index (χ4v) is 4.57. The molecular weight excluding hydrogens is 297 g/mol. The van der Waals surface area contributed by atoms with Gasteiger partial charge in [-0.15, -0.1) is 0 Å². The van der Waals surface area contributed by atoms with Gasteiger partial charge in [-0.05, 0) is 50.8 Å². The Morgan fingerprint density at radius 3 is 2.87 bits per heavy atom. The van der Waals surface area contributed by atoms with Gasteiger partial charge in [-0.2, -0.15) is 4.39 Å². The van der Waals surface area contributed by atoms with E-state index < -0.39 is 6.01 Å². The maximum Gasteiger partial charge on any atom is 0.278 e. The zero-order valence-electron chi connectivity index (χ0n) is 12.7. The summed E-state index contributed by atoms with van der Waals surface area (Å²) in [5.74, 6) is 0.403. The standard InChI is InChI=1S/C17H18FN3O2/c18-14-8-11-7-12(19-9-13(11)23-14)16(22)20-15-10-1-5-21(6-2-10)17(15)3-4-17/h7-10,15H,1-6H2,(H,20,22)/t15-/m0/s1. The summed E-state index contributed by atoms with van der Waals surface area (Å²) in [7, 11) is 0. The van der Waals surface area contributed by atoms with Gasteiger partial charge in [0, 0.05) is 17.0 Å². The minimum absolute atomic E-state index is 0.168. The lowest BCUT2D eigenvalue weighted by molar-refractivity contribution is -0.00152. The molecule has 4 aliphatic rings. The Kier molecular flexibility index (Phi) is 2.66. The van der Waals surface area contributed by atoms with Crippen molar-refractivity contribution in [1.82, 2.24) is 15.2 Å². The van der Waals surface area contributed by atoms with Crippen molar-refractivity contribution in [1.29, 1.82) is 0 Å². The number of amides is 1.